The Balaban J connectivity index is 1.93. The van der Waals surface area contributed by atoms with Crippen molar-refractivity contribution < 1.29 is 8.78 Å². The van der Waals surface area contributed by atoms with Crippen molar-refractivity contribution in [1.29, 1.82) is 0 Å². The highest BCUT2D eigenvalue weighted by Crippen LogP contribution is 2.34. The van der Waals surface area contributed by atoms with Gasteiger partial charge in [-0.15, -0.1) is 0 Å². The van der Waals surface area contributed by atoms with Gasteiger partial charge in [-0.25, -0.2) is 13.5 Å². The Hall–Kier alpha value is -3.60. The molecule has 0 aliphatic heterocycles. The summed E-state index contributed by atoms with van der Waals surface area (Å²) in [5.74, 6) is -1.81. The van der Waals surface area contributed by atoms with Gasteiger partial charge in [0.1, 0.15) is 5.69 Å². The van der Waals surface area contributed by atoms with Gasteiger partial charge in [-0.05, 0) is 43.2 Å². The lowest BCUT2D eigenvalue weighted by atomic mass is 10.1. The van der Waals surface area contributed by atoms with Crippen molar-refractivity contribution in [3.8, 4) is 16.9 Å². The van der Waals surface area contributed by atoms with Crippen molar-refractivity contribution in [3.05, 3.63) is 89.6 Å². The molecule has 0 fully saturated rings. The van der Waals surface area contributed by atoms with Crippen molar-refractivity contribution in [1.82, 2.24) is 14.8 Å². The normalized spacial score (nSPS) is 11.4. The number of hydrogen-bond donors (Lipinski definition) is 0. The summed E-state index contributed by atoms with van der Waals surface area (Å²) in [5, 5.41) is 6.17. The molecule has 142 valence electrons. The van der Waals surface area contributed by atoms with Gasteiger partial charge in [0.2, 0.25) is 0 Å². The van der Waals surface area contributed by atoms with Gasteiger partial charge in [0.05, 0.1) is 16.7 Å². The molecule has 0 saturated heterocycles. The van der Waals surface area contributed by atoms with Crippen molar-refractivity contribution in [2.24, 2.45) is 0 Å². The fraction of sp³-hybridized carbons (Fsp3) is 0.0833. The lowest BCUT2D eigenvalue weighted by molar-refractivity contribution is 0.511. The SMILES string of the molecule is Cc1ccc(-n2nc(-c3ccccc3)c3cnc4cc(F)c(F)cc4c32)cc1C. The zero-order valence-corrected chi connectivity index (χ0v) is 15.9. The highest BCUT2D eigenvalue weighted by Gasteiger charge is 2.18. The lowest BCUT2D eigenvalue weighted by Crippen LogP contribution is -1.99. The smallest absolute Gasteiger partial charge is 0.161 e. The van der Waals surface area contributed by atoms with E-state index in [1.54, 1.807) is 10.9 Å². The summed E-state index contributed by atoms with van der Waals surface area (Å²) in [7, 11) is 0. The first-order valence-corrected chi connectivity index (χ1v) is 9.32. The molecule has 5 heteroatoms. The van der Waals surface area contributed by atoms with Gasteiger partial charge < -0.3 is 0 Å². The Kier molecular flexibility index (Phi) is 3.91. The molecule has 0 N–H and O–H groups in total. The van der Waals surface area contributed by atoms with Crippen molar-refractivity contribution >= 4 is 21.8 Å². The van der Waals surface area contributed by atoms with Gasteiger partial charge in [0.15, 0.2) is 11.6 Å². The highest BCUT2D eigenvalue weighted by atomic mass is 19.2. The average Bonchev–Trinajstić information content (AvgIpc) is 3.12. The standard InChI is InChI=1S/C24H17F2N3/c1-14-8-9-17(10-15(14)2)29-24-18-11-20(25)21(26)12-22(18)27-13-19(24)23(28-29)16-6-4-3-5-7-16/h3-13H,1-2H3. The van der Waals surface area contributed by atoms with E-state index in [0.29, 0.717) is 16.4 Å². The molecule has 0 amide bonds. The first kappa shape index (κ1) is 17.5. The fourth-order valence-corrected chi connectivity index (χ4v) is 3.63. The molecule has 0 unspecified atom stereocenters. The maximum absolute atomic E-state index is 14.1. The Bertz CT molecular complexity index is 1390. The maximum Gasteiger partial charge on any atom is 0.161 e. The number of aryl methyl sites for hydroxylation is 2. The van der Waals surface area contributed by atoms with Crippen LogP contribution >= 0.6 is 0 Å². The number of aromatic nitrogens is 3. The minimum Gasteiger partial charge on any atom is -0.255 e. The molecule has 5 aromatic rings. The van der Waals surface area contributed by atoms with E-state index in [4.69, 9.17) is 5.10 Å². The molecule has 0 aliphatic carbocycles. The van der Waals surface area contributed by atoms with E-state index in [-0.39, 0.29) is 0 Å². The molecule has 0 atom stereocenters. The Morgan fingerprint density at radius 2 is 1.55 bits per heavy atom. The van der Waals surface area contributed by atoms with Crippen LogP contribution in [-0.2, 0) is 0 Å². The van der Waals surface area contributed by atoms with Gasteiger partial charge in [-0.1, -0.05) is 36.4 Å². The third-order valence-electron chi connectivity index (χ3n) is 5.33. The molecular weight excluding hydrogens is 368 g/mol. The third kappa shape index (κ3) is 2.78. The van der Waals surface area contributed by atoms with Crippen LogP contribution in [0.25, 0.3) is 38.8 Å². The molecule has 0 radical (unpaired) electrons. The van der Waals surface area contributed by atoms with Crippen LogP contribution in [0.15, 0.2) is 66.9 Å². The quantitative estimate of drug-likeness (QED) is 0.366. The summed E-state index contributed by atoms with van der Waals surface area (Å²) in [6.07, 6.45) is 1.68. The van der Waals surface area contributed by atoms with E-state index in [2.05, 4.69) is 4.98 Å². The van der Waals surface area contributed by atoms with Gasteiger partial charge in [0.25, 0.3) is 0 Å². The Labute approximate surface area is 166 Å². The first-order chi connectivity index (χ1) is 14.0. The summed E-state index contributed by atoms with van der Waals surface area (Å²) in [5.41, 5.74) is 5.94. The number of nitrogens with zero attached hydrogens (tertiary/aromatic N) is 3. The monoisotopic (exact) mass is 385 g/mol. The number of halogens is 2. The molecule has 5 rings (SSSR count). The van der Waals surface area contributed by atoms with Crippen LogP contribution in [0.4, 0.5) is 8.78 Å². The second-order valence-corrected chi connectivity index (χ2v) is 7.20. The second kappa shape index (κ2) is 6.48. The van der Waals surface area contributed by atoms with Crippen LogP contribution in [0.1, 0.15) is 11.1 Å². The number of hydrogen-bond acceptors (Lipinski definition) is 2. The molecule has 2 heterocycles. The summed E-state index contributed by atoms with van der Waals surface area (Å²) < 4.78 is 29.7. The fourth-order valence-electron chi connectivity index (χ4n) is 3.63. The number of benzene rings is 3. The van der Waals surface area contributed by atoms with E-state index in [0.717, 1.165) is 34.0 Å². The van der Waals surface area contributed by atoms with Crippen molar-refractivity contribution in [3.63, 3.8) is 0 Å². The largest absolute Gasteiger partial charge is 0.255 e. The van der Waals surface area contributed by atoms with Crippen LogP contribution in [0.5, 0.6) is 0 Å². The molecular formula is C24H17F2N3. The summed E-state index contributed by atoms with van der Waals surface area (Å²) >= 11 is 0. The second-order valence-electron chi connectivity index (χ2n) is 7.20. The highest BCUT2D eigenvalue weighted by molar-refractivity contribution is 6.08. The van der Waals surface area contributed by atoms with Gasteiger partial charge >= 0.3 is 0 Å². The van der Waals surface area contributed by atoms with Crippen LogP contribution in [-0.4, -0.2) is 14.8 Å². The van der Waals surface area contributed by atoms with Crippen LogP contribution in [0, 0.1) is 25.5 Å². The van der Waals surface area contributed by atoms with E-state index >= 15 is 0 Å². The summed E-state index contributed by atoms with van der Waals surface area (Å²) in [4.78, 5) is 4.38. The molecule has 0 aliphatic rings. The summed E-state index contributed by atoms with van der Waals surface area (Å²) in [6, 6.07) is 18.2. The molecule has 0 bridgehead atoms. The number of rotatable bonds is 2. The Morgan fingerprint density at radius 3 is 2.31 bits per heavy atom. The zero-order valence-electron chi connectivity index (χ0n) is 15.9. The number of pyridine rings is 1. The molecule has 0 spiro atoms. The minimum atomic E-state index is -0.912. The van der Waals surface area contributed by atoms with Crippen LogP contribution in [0.2, 0.25) is 0 Å². The van der Waals surface area contributed by atoms with Gasteiger partial charge in [-0.2, -0.15) is 5.10 Å². The van der Waals surface area contributed by atoms with E-state index in [1.807, 2.05) is 62.4 Å². The van der Waals surface area contributed by atoms with Gasteiger partial charge in [0, 0.05) is 28.6 Å². The molecule has 0 saturated carbocycles. The Morgan fingerprint density at radius 1 is 0.793 bits per heavy atom. The first-order valence-electron chi connectivity index (χ1n) is 9.32. The van der Waals surface area contributed by atoms with E-state index < -0.39 is 11.6 Å². The summed E-state index contributed by atoms with van der Waals surface area (Å²) in [6.45, 7) is 4.09. The lowest BCUT2D eigenvalue weighted by Gasteiger charge is -2.08. The molecule has 3 nitrogen and oxygen atoms in total. The zero-order chi connectivity index (χ0) is 20.1. The maximum atomic E-state index is 14.1. The van der Waals surface area contributed by atoms with Crippen LogP contribution < -0.4 is 0 Å². The topological polar surface area (TPSA) is 30.7 Å². The van der Waals surface area contributed by atoms with E-state index in [9.17, 15) is 8.78 Å². The molecule has 2 aromatic heterocycles. The van der Waals surface area contributed by atoms with Crippen molar-refractivity contribution in [2.75, 3.05) is 0 Å². The predicted molar refractivity (Wildman–Crippen MR) is 111 cm³/mol. The van der Waals surface area contributed by atoms with Crippen LogP contribution in [0.3, 0.4) is 0 Å². The van der Waals surface area contributed by atoms with Crippen molar-refractivity contribution in [2.45, 2.75) is 13.8 Å². The number of fused-ring (bicyclic) bond motifs is 3. The molecule has 3 aromatic carbocycles. The predicted octanol–water partition coefficient (Wildman–Crippen LogP) is 6.14. The third-order valence-corrected chi connectivity index (χ3v) is 5.33. The van der Waals surface area contributed by atoms with Gasteiger partial charge in [-0.3, -0.25) is 4.98 Å². The minimum absolute atomic E-state index is 0.390. The average molecular weight is 385 g/mol. The molecule has 29 heavy (non-hydrogen) atoms. The van der Waals surface area contributed by atoms with E-state index in [1.165, 1.54) is 11.6 Å².